The molecule has 0 bridgehead atoms. The Labute approximate surface area is 147 Å². The zero-order valence-corrected chi connectivity index (χ0v) is 14.0. The number of aliphatic carboxylic acids is 1. The molecular weight excluding hydrogens is 384 g/mol. The molecule has 26 heavy (non-hydrogen) atoms. The molecule has 6 atom stereocenters. The Kier molecular flexibility index (Phi) is 7.58. The Morgan fingerprint density at radius 3 is 2.31 bits per heavy atom. The van der Waals surface area contributed by atoms with Crippen molar-refractivity contribution in [2.45, 2.75) is 43.0 Å². The summed E-state index contributed by atoms with van der Waals surface area (Å²) in [4.78, 5) is 22.6. The van der Waals surface area contributed by atoms with Gasteiger partial charge in [0, 0.05) is 18.8 Å². The molecule has 13 nitrogen and oxygen atoms in total. The zero-order chi connectivity index (χ0) is 20.3. The molecule has 0 saturated carbocycles. The fraction of sp³-hybridized carbons (Fsp3) is 0.833. The molecule has 1 saturated heterocycles. The molecule has 14 heteroatoms. The number of carboxylic acid groups (broad SMARTS) is 1. The van der Waals surface area contributed by atoms with E-state index >= 15 is 0 Å². The second kappa shape index (κ2) is 8.64. The minimum Gasteiger partial charge on any atom is -0.477 e. The predicted octanol–water partition coefficient (Wildman–Crippen LogP) is -3.98. The molecule has 152 valence electrons. The van der Waals surface area contributed by atoms with Crippen LogP contribution in [0.1, 0.15) is 12.8 Å². The monoisotopic (exact) mass is 404 g/mol. The highest BCUT2D eigenvalue weighted by molar-refractivity contribution is 7.80. The van der Waals surface area contributed by atoms with Crippen molar-refractivity contribution < 1.29 is 62.1 Å². The summed E-state index contributed by atoms with van der Waals surface area (Å²) >= 11 is 0. The van der Waals surface area contributed by atoms with Crippen LogP contribution in [0.2, 0.25) is 0 Å². The fourth-order valence-electron chi connectivity index (χ4n) is 2.62. The van der Waals surface area contributed by atoms with Crippen LogP contribution in [0.5, 0.6) is 0 Å². The lowest BCUT2D eigenvalue weighted by molar-refractivity contribution is -0.303. The third kappa shape index (κ3) is 5.63. The van der Waals surface area contributed by atoms with Crippen molar-refractivity contribution in [1.29, 1.82) is 0 Å². The molecule has 0 aromatic heterocycles. The predicted molar refractivity (Wildman–Crippen MR) is 77.8 cm³/mol. The molecule has 1 rings (SSSR count). The molecule has 0 spiro atoms. The molecule has 0 aromatic rings. The van der Waals surface area contributed by atoms with Crippen LogP contribution in [0.15, 0.2) is 0 Å². The SMILES string of the molecule is O=C(CO)CC1C(O)CC(O)(C(=O)O)OC1C(O)C(CO)OS(=O)(=O)O. The van der Waals surface area contributed by atoms with E-state index in [2.05, 4.69) is 4.18 Å². The number of carboxylic acids is 1. The number of Topliss-reactive ketones (excluding diaryl/α,β-unsaturated/α-hetero) is 1. The van der Waals surface area contributed by atoms with Gasteiger partial charge in [0.15, 0.2) is 5.78 Å². The molecule has 1 fully saturated rings. The summed E-state index contributed by atoms with van der Waals surface area (Å²) in [6, 6.07) is 0. The number of ether oxygens (including phenoxy) is 1. The average Bonchev–Trinajstić information content (AvgIpc) is 2.53. The smallest absolute Gasteiger partial charge is 0.397 e. The van der Waals surface area contributed by atoms with Crippen LogP contribution >= 0.6 is 0 Å². The van der Waals surface area contributed by atoms with Crippen molar-refractivity contribution >= 4 is 22.2 Å². The first kappa shape index (κ1) is 22.8. The van der Waals surface area contributed by atoms with Gasteiger partial charge in [-0.25, -0.2) is 8.98 Å². The number of hydrogen-bond donors (Lipinski definition) is 7. The number of aliphatic hydroxyl groups is 5. The van der Waals surface area contributed by atoms with Crippen LogP contribution in [0.25, 0.3) is 0 Å². The highest BCUT2D eigenvalue weighted by Crippen LogP contribution is 2.36. The van der Waals surface area contributed by atoms with Crippen LogP contribution in [-0.4, -0.2) is 98.8 Å². The summed E-state index contributed by atoms with van der Waals surface area (Å²) in [6.07, 6.45) is -9.40. The largest absolute Gasteiger partial charge is 0.477 e. The number of rotatable bonds is 9. The Balaban J connectivity index is 3.21. The summed E-state index contributed by atoms with van der Waals surface area (Å²) in [5.74, 6) is -7.13. The van der Waals surface area contributed by atoms with Gasteiger partial charge in [-0.1, -0.05) is 0 Å². The van der Waals surface area contributed by atoms with E-state index in [0.29, 0.717) is 0 Å². The molecule has 0 aliphatic carbocycles. The number of carbonyl (C=O) groups excluding carboxylic acids is 1. The summed E-state index contributed by atoms with van der Waals surface area (Å²) < 4.78 is 39.1. The average molecular weight is 404 g/mol. The molecule has 7 N–H and O–H groups in total. The fourth-order valence-corrected chi connectivity index (χ4v) is 3.10. The Bertz CT molecular complexity index is 619. The Hall–Kier alpha value is -1.23. The van der Waals surface area contributed by atoms with E-state index in [1.54, 1.807) is 0 Å². The van der Waals surface area contributed by atoms with Gasteiger partial charge in [-0.15, -0.1) is 0 Å². The van der Waals surface area contributed by atoms with Gasteiger partial charge in [-0.2, -0.15) is 8.42 Å². The van der Waals surface area contributed by atoms with Gasteiger partial charge < -0.3 is 35.4 Å². The lowest BCUT2D eigenvalue weighted by Crippen LogP contribution is -2.61. The molecular formula is C12H20O13S. The van der Waals surface area contributed by atoms with E-state index in [1.807, 2.05) is 0 Å². The highest BCUT2D eigenvalue weighted by atomic mass is 32.3. The maximum Gasteiger partial charge on any atom is 0.397 e. The van der Waals surface area contributed by atoms with Crippen LogP contribution in [0, 0.1) is 5.92 Å². The van der Waals surface area contributed by atoms with Gasteiger partial charge in [0.05, 0.1) is 18.8 Å². The summed E-state index contributed by atoms with van der Waals surface area (Å²) in [5.41, 5.74) is 0. The Morgan fingerprint density at radius 1 is 1.31 bits per heavy atom. The van der Waals surface area contributed by atoms with E-state index in [-0.39, 0.29) is 0 Å². The van der Waals surface area contributed by atoms with Crippen molar-refractivity contribution in [1.82, 2.24) is 0 Å². The van der Waals surface area contributed by atoms with Gasteiger partial charge >= 0.3 is 16.4 Å². The van der Waals surface area contributed by atoms with E-state index < -0.39 is 84.3 Å². The second-order valence-corrected chi connectivity index (χ2v) is 6.79. The van der Waals surface area contributed by atoms with Gasteiger partial charge in [-0.3, -0.25) is 9.35 Å². The first-order valence-electron chi connectivity index (χ1n) is 7.23. The standard InChI is InChI=1S/C12H20O13S/c13-3-5(15)1-6-7(16)2-12(20,11(18)19)24-10(6)9(17)8(4-14)25-26(21,22)23/h6-10,13-14,16-17,20H,1-4H2,(H,18,19)(H,21,22,23). The lowest BCUT2D eigenvalue weighted by atomic mass is 9.80. The number of ketones is 1. The molecule has 0 amide bonds. The molecule has 1 aliphatic rings. The molecule has 1 heterocycles. The maximum absolute atomic E-state index is 11.5. The van der Waals surface area contributed by atoms with E-state index in [4.69, 9.17) is 24.6 Å². The van der Waals surface area contributed by atoms with E-state index in [1.165, 1.54) is 0 Å². The zero-order valence-electron chi connectivity index (χ0n) is 13.2. The highest BCUT2D eigenvalue weighted by Gasteiger charge is 2.54. The quantitative estimate of drug-likeness (QED) is 0.182. The molecule has 0 aromatic carbocycles. The van der Waals surface area contributed by atoms with Crippen molar-refractivity contribution in [3.05, 3.63) is 0 Å². The normalized spacial score (nSPS) is 32.0. The van der Waals surface area contributed by atoms with E-state index in [9.17, 15) is 33.3 Å². The van der Waals surface area contributed by atoms with Crippen LogP contribution < -0.4 is 0 Å². The van der Waals surface area contributed by atoms with Gasteiger partial charge in [0.25, 0.3) is 5.79 Å². The molecule has 6 unspecified atom stereocenters. The summed E-state index contributed by atoms with van der Waals surface area (Å²) in [5, 5.41) is 57.2. The van der Waals surface area contributed by atoms with Crippen LogP contribution in [-0.2, 0) is 28.9 Å². The maximum atomic E-state index is 11.5. The third-order valence-electron chi connectivity index (χ3n) is 3.85. The van der Waals surface area contributed by atoms with Crippen molar-refractivity contribution in [2.75, 3.05) is 13.2 Å². The van der Waals surface area contributed by atoms with Crippen LogP contribution in [0.3, 0.4) is 0 Å². The summed E-state index contributed by atoms with van der Waals surface area (Å²) in [6.45, 7) is -2.14. The number of hydrogen-bond acceptors (Lipinski definition) is 11. The van der Waals surface area contributed by atoms with E-state index in [0.717, 1.165) is 0 Å². The van der Waals surface area contributed by atoms with Crippen molar-refractivity contribution in [2.24, 2.45) is 5.92 Å². The minimum atomic E-state index is -5.15. The molecule has 0 radical (unpaired) electrons. The van der Waals surface area contributed by atoms with Crippen LogP contribution in [0.4, 0.5) is 0 Å². The topological polar surface area (TPSA) is 228 Å². The minimum absolute atomic E-state index is 0.626. The van der Waals surface area contributed by atoms with Crippen molar-refractivity contribution in [3.8, 4) is 0 Å². The second-order valence-electron chi connectivity index (χ2n) is 5.74. The summed E-state index contributed by atoms with van der Waals surface area (Å²) in [7, 11) is -5.15. The first-order chi connectivity index (χ1) is 11.8. The number of carbonyl (C=O) groups is 2. The lowest BCUT2D eigenvalue weighted by Gasteiger charge is -2.44. The Morgan fingerprint density at radius 2 is 1.88 bits per heavy atom. The van der Waals surface area contributed by atoms with Crippen molar-refractivity contribution in [3.63, 3.8) is 0 Å². The first-order valence-corrected chi connectivity index (χ1v) is 8.60. The third-order valence-corrected chi connectivity index (χ3v) is 4.34. The number of aliphatic hydroxyl groups excluding tert-OH is 4. The van der Waals surface area contributed by atoms with Gasteiger partial charge in [0.2, 0.25) is 0 Å². The van der Waals surface area contributed by atoms with Gasteiger partial charge in [0.1, 0.15) is 18.8 Å². The van der Waals surface area contributed by atoms with Gasteiger partial charge in [-0.05, 0) is 0 Å². The molecule has 1 aliphatic heterocycles.